The van der Waals surface area contributed by atoms with Gasteiger partial charge in [-0.2, -0.15) is 0 Å². The maximum Gasteiger partial charge on any atom is 0.228 e. The van der Waals surface area contributed by atoms with Gasteiger partial charge >= 0.3 is 0 Å². The minimum absolute atomic E-state index is 0.0746. The van der Waals surface area contributed by atoms with Gasteiger partial charge in [-0.15, -0.1) is 5.10 Å². The lowest BCUT2D eigenvalue weighted by atomic mass is 9.82. The van der Waals surface area contributed by atoms with Gasteiger partial charge in [-0.3, -0.25) is 4.79 Å². The highest BCUT2D eigenvalue weighted by Gasteiger charge is 2.35. The van der Waals surface area contributed by atoms with E-state index in [1.807, 2.05) is 36.4 Å². The van der Waals surface area contributed by atoms with Crippen LogP contribution in [0.4, 0.5) is 0 Å². The van der Waals surface area contributed by atoms with Crippen LogP contribution in [0.15, 0.2) is 72.3 Å². The number of benzene rings is 2. The zero-order valence-electron chi connectivity index (χ0n) is 16.4. The summed E-state index contributed by atoms with van der Waals surface area (Å²) < 4.78 is 7.48. The smallest absolute Gasteiger partial charge is 0.228 e. The maximum absolute atomic E-state index is 12.6. The van der Waals surface area contributed by atoms with Crippen molar-refractivity contribution >= 4 is 11.4 Å². The van der Waals surface area contributed by atoms with Crippen LogP contribution in [0.3, 0.4) is 0 Å². The van der Waals surface area contributed by atoms with Crippen LogP contribution in [0, 0.1) is 0 Å². The molecule has 1 N–H and O–H groups in total. The molecule has 1 aliphatic heterocycles. The highest BCUT2D eigenvalue weighted by molar-refractivity contribution is 5.97. The zero-order chi connectivity index (χ0) is 20.8. The second-order valence-corrected chi connectivity index (χ2v) is 7.16. The van der Waals surface area contributed by atoms with E-state index in [1.165, 1.54) is 13.3 Å². The van der Waals surface area contributed by atoms with Gasteiger partial charge in [-0.05, 0) is 31.5 Å². The number of allylic oxidation sites excluding steroid dienone is 2. The van der Waals surface area contributed by atoms with Crippen molar-refractivity contribution < 1.29 is 14.6 Å². The molecule has 30 heavy (non-hydrogen) atoms. The number of ketones is 1. The molecule has 0 bridgehead atoms. The van der Waals surface area contributed by atoms with Crippen molar-refractivity contribution in [3.05, 3.63) is 83.4 Å². The van der Waals surface area contributed by atoms with Crippen LogP contribution in [0.25, 0.3) is 17.0 Å². The fraction of sp³-hybridized carbons (Fsp3) is 0.130. The molecule has 0 radical (unpaired) electrons. The monoisotopic (exact) mass is 398 g/mol. The Kier molecular flexibility index (Phi) is 4.10. The van der Waals surface area contributed by atoms with Crippen LogP contribution >= 0.6 is 0 Å². The van der Waals surface area contributed by atoms with E-state index in [4.69, 9.17) is 4.74 Å². The quantitative estimate of drug-likeness (QED) is 0.563. The molecule has 148 valence electrons. The summed E-state index contributed by atoms with van der Waals surface area (Å²) in [5.74, 6) is 0.924. The van der Waals surface area contributed by atoms with E-state index in [1.54, 1.807) is 29.6 Å². The van der Waals surface area contributed by atoms with Gasteiger partial charge in [-0.1, -0.05) is 42.5 Å². The number of aromatic hydroxyl groups is 1. The molecule has 0 aliphatic carbocycles. The molecule has 4 aromatic rings. The predicted molar refractivity (Wildman–Crippen MR) is 110 cm³/mol. The minimum Gasteiger partial charge on any atom is -0.507 e. The van der Waals surface area contributed by atoms with Crippen molar-refractivity contribution in [2.75, 3.05) is 0 Å². The normalized spacial score (nSPS) is 15.7. The topological polar surface area (TPSA) is 89.6 Å². The first-order valence-electron chi connectivity index (χ1n) is 9.52. The number of hydrogen-bond donors (Lipinski definition) is 1. The number of carbonyl (C=O) groups excluding carboxylic acids is 1. The van der Waals surface area contributed by atoms with Gasteiger partial charge in [0.05, 0.1) is 11.1 Å². The van der Waals surface area contributed by atoms with Crippen LogP contribution < -0.4 is 4.74 Å². The van der Waals surface area contributed by atoms with Crippen molar-refractivity contribution in [1.82, 2.24) is 19.6 Å². The number of nitrogens with zero attached hydrogens (tertiary/aromatic N) is 4. The van der Waals surface area contributed by atoms with Crippen molar-refractivity contribution in [3.63, 3.8) is 0 Å². The number of phenols is 1. The minimum atomic E-state index is -0.384. The average molecular weight is 398 g/mol. The van der Waals surface area contributed by atoms with Gasteiger partial charge in [0.25, 0.3) is 0 Å². The van der Waals surface area contributed by atoms with Gasteiger partial charge in [0.1, 0.15) is 17.8 Å². The van der Waals surface area contributed by atoms with Crippen LogP contribution in [-0.4, -0.2) is 30.5 Å². The van der Waals surface area contributed by atoms with Gasteiger partial charge in [0.15, 0.2) is 17.3 Å². The molecule has 0 fully saturated rings. The number of Topliss-reactive ketones (excluding diaryl/α,β-unsaturated/α-hetero) is 1. The zero-order valence-corrected chi connectivity index (χ0v) is 16.4. The summed E-state index contributed by atoms with van der Waals surface area (Å²) in [7, 11) is 0. The summed E-state index contributed by atoms with van der Waals surface area (Å²) in [4.78, 5) is 21.7. The molecule has 0 amide bonds. The van der Waals surface area contributed by atoms with E-state index < -0.39 is 0 Å². The Morgan fingerprint density at radius 3 is 2.57 bits per heavy atom. The first-order valence-corrected chi connectivity index (χ1v) is 9.52. The molecular formula is C23H18N4O3. The fourth-order valence-electron chi connectivity index (χ4n) is 3.95. The van der Waals surface area contributed by atoms with Gasteiger partial charge in [0, 0.05) is 11.5 Å². The predicted octanol–water partition coefficient (Wildman–Crippen LogP) is 3.88. The Morgan fingerprint density at radius 2 is 1.83 bits per heavy atom. The molecule has 0 saturated heterocycles. The fourth-order valence-corrected chi connectivity index (χ4v) is 3.95. The van der Waals surface area contributed by atoms with E-state index in [9.17, 15) is 9.90 Å². The third kappa shape index (κ3) is 2.75. The van der Waals surface area contributed by atoms with E-state index in [0.717, 1.165) is 5.56 Å². The molecule has 3 heterocycles. The lowest BCUT2D eigenvalue weighted by molar-refractivity contribution is -0.114. The Balaban J connectivity index is 1.79. The van der Waals surface area contributed by atoms with E-state index in [2.05, 4.69) is 15.1 Å². The van der Waals surface area contributed by atoms with Crippen LogP contribution in [0.2, 0.25) is 0 Å². The number of hydrogen-bond acceptors (Lipinski definition) is 6. The summed E-state index contributed by atoms with van der Waals surface area (Å²) in [6, 6.07) is 16.6. The summed E-state index contributed by atoms with van der Waals surface area (Å²) in [5.41, 5.74) is 3.22. The summed E-state index contributed by atoms with van der Waals surface area (Å²) in [5, 5.41) is 14.7. The van der Waals surface area contributed by atoms with Gasteiger partial charge in [0.2, 0.25) is 5.88 Å². The third-order valence-electron chi connectivity index (χ3n) is 5.25. The van der Waals surface area contributed by atoms with Crippen molar-refractivity contribution in [2.24, 2.45) is 0 Å². The van der Waals surface area contributed by atoms with Crippen LogP contribution in [-0.2, 0) is 4.79 Å². The Labute approximate surface area is 172 Å². The van der Waals surface area contributed by atoms with Gasteiger partial charge in [-0.25, -0.2) is 14.5 Å². The molecule has 2 aromatic carbocycles. The molecule has 0 saturated carbocycles. The molecule has 7 heteroatoms. The number of ether oxygens (including phenoxy) is 1. The highest BCUT2D eigenvalue weighted by atomic mass is 16.5. The Bertz CT molecular complexity index is 1330. The summed E-state index contributed by atoms with van der Waals surface area (Å²) >= 11 is 0. The molecule has 1 atom stereocenters. The van der Waals surface area contributed by atoms with Crippen LogP contribution in [0.1, 0.15) is 30.9 Å². The summed E-state index contributed by atoms with van der Waals surface area (Å²) in [6.45, 7) is 3.31. The Hall–Kier alpha value is -4.00. The molecule has 1 unspecified atom stereocenters. The molecule has 1 aliphatic rings. The van der Waals surface area contributed by atoms with E-state index >= 15 is 0 Å². The lowest BCUT2D eigenvalue weighted by Crippen LogP contribution is -2.22. The van der Waals surface area contributed by atoms with Crippen LogP contribution in [0.5, 0.6) is 11.6 Å². The SMILES string of the molecule is CC(=O)C1=C(C)Oc2ncn3nc(-c4ccccc4O)nc3c2C1c1ccccc1. The summed E-state index contributed by atoms with van der Waals surface area (Å²) in [6.07, 6.45) is 1.53. The highest BCUT2D eigenvalue weighted by Crippen LogP contribution is 2.44. The number of carbonyl (C=O) groups is 1. The van der Waals surface area contributed by atoms with Gasteiger partial charge < -0.3 is 9.84 Å². The molecule has 7 nitrogen and oxygen atoms in total. The van der Waals surface area contributed by atoms with E-state index in [0.29, 0.717) is 39.8 Å². The van der Waals surface area contributed by atoms with Crippen molar-refractivity contribution in [2.45, 2.75) is 19.8 Å². The average Bonchev–Trinajstić information content (AvgIpc) is 3.17. The molecular weight excluding hydrogens is 380 g/mol. The van der Waals surface area contributed by atoms with Crippen molar-refractivity contribution in [3.8, 4) is 23.0 Å². The Morgan fingerprint density at radius 1 is 1.10 bits per heavy atom. The second-order valence-electron chi connectivity index (χ2n) is 7.16. The van der Waals surface area contributed by atoms with E-state index in [-0.39, 0.29) is 17.5 Å². The first kappa shape index (κ1) is 18.1. The number of aromatic nitrogens is 4. The lowest BCUT2D eigenvalue weighted by Gasteiger charge is -2.28. The second kappa shape index (κ2) is 6.81. The maximum atomic E-state index is 12.6. The molecule has 0 spiro atoms. The number of fused-ring (bicyclic) bond motifs is 3. The molecule has 2 aromatic heterocycles. The standard InChI is InChI=1S/C23H18N4O3/c1-13(28)18-14(2)30-23-20(19(18)15-8-4-3-5-9-15)22-25-21(26-27(22)12-24-23)16-10-6-7-11-17(16)29/h3-12,19,29H,1-2H3. The number of phenolic OH excluding ortho intramolecular Hbond substituents is 1. The first-order chi connectivity index (χ1) is 14.5. The third-order valence-corrected chi connectivity index (χ3v) is 5.25. The molecule has 5 rings (SSSR count). The number of rotatable bonds is 3. The number of para-hydroxylation sites is 1. The van der Waals surface area contributed by atoms with Crippen molar-refractivity contribution in [1.29, 1.82) is 0 Å². The largest absolute Gasteiger partial charge is 0.507 e.